The predicted molar refractivity (Wildman–Crippen MR) is 171 cm³/mol. The van der Waals surface area contributed by atoms with Gasteiger partial charge in [-0.2, -0.15) is 0 Å². The van der Waals surface area contributed by atoms with Crippen molar-refractivity contribution in [2.45, 2.75) is 117 Å². The van der Waals surface area contributed by atoms with Crippen LogP contribution in [0, 0.1) is 0 Å². The van der Waals surface area contributed by atoms with Crippen molar-refractivity contribution in [3.8, 4) is 22.9 Å². The molecule has 0 unspecified atom stereocenters. The normalized spacial score (nSPS) is 17.5. The van der Waals surface area contributed by atoms with Crippen LogP contribution in [-0.4, -0.2) is 61.0 Å². The molecule has 41 heavy (non-hydrogen) atoms. The Kier molecular flexibility index (Phi) is 13.0. The number of epoxide rings is 1. The Hall–Kier alpha value is -1.61. The van der Waals surface area contributed by atoms with Crippen LogP contribution in [0.25, 0.3) is 11.4 Å². The average Bonchev–Trinajstić information content (AvgIpc) is 3.61. The van der Waals surface area contributed by atoms with E-state index in [-0.39, 0.29) is 12.4 Å². The van der Waals surface area contributed by atoms with Gasteiger partial charge in [0.15, 0.2) is 19.9 Å². The highest BCUT2D eigenvalue weighted by molar-refractivity contribution is 6.85. The summed E-state index contributed by atoms with van der Waals surface area (Å²) in [5.41, 5.74) is 0.942. The Balaban J connectivity index is 1.27. The minimum Gasteiger partial charge on any atom is -0.494 e. The van der Waals surface area contributed by atoms with E-state index in [1.165, 1.54) is 19.3 Å². The van der Waals surface area contributed by atoms with Crippen LogP contribution in [0.2, 0.25) is 45.8 Å². The second-order valence-corrected chi connectivity index (χ2v) is 24.4. The molecule has 0 N–H and O–H groups in total. The summed E-state index contributed by atoms with van der Waals surface area (Å²) in [7, 11) is -5.98. The maximum atomic E-state index is 6.40. The first kappa shape index (κ1) is 33.9. The maximum Gasteiger partial charge on any atom is 0.322 e. The summed E-state index contributed by atoms with van der Waals surface area (Å²) in [5.74, 6) is 2.16. The van der Waals surface area contributed by atoms with E-state index in [9.17, 15) is 0 Å². The summed E-state index contributed by atoms with van der Waals surface area (Å²) in [5, 5.41) is 0. The lowest BCUT2D eigenvalue weighted by atomic mass is 10.2. The second-order valence-electron chi connectivity index (χ2n) is 12.7. The molecular formula is C30H52N2O6Si3. The zero-order valence-electron chi connectivity index (χ0n) is 26.5. The molecule has 0 amide bonds. The lowest BCUT2D eigenvalue weighted by molar-refractivity contribution is 0.177. The van der Waals surface area contributed by atoms with Gasteiger partial charge in [-0.25, -0.2) is 9.97 Å². The molecule has 2 atom stereocenters. The number of nitrogens with zero attached hydrogens (tertiary/aromatic N) is 2. The van der Waals surface area contributed by atoms with Crippen LogP contribution in [0.15, 0.2) is 36.7 Å². The van der Waals surface area contributed by atoms with Crippen LogP contribution in [0.3, 0.4) is 0 Å². The lowest BCUT2D eigenvalue weighted by Gasteiger charge is -2.36. The molecule has 0 bridgehead atoms. The lowest BCUT2D eigenvalue weighted by Crippen LogP contribution is -2.52. The van der Waals surface area contributed by atoms with E-state index in [0.29, 0.717) is 18.2 Å². The van der Waals surface area contributed by atoms with Gasteiger partial charge < -0.3 is 26.9 Å². The predicted octanol–water partition coefficient (Wildman–Crippen LogP) is 8.06. The number of benzene rings is 1. The van der Waals surface area contributed by atoms with Gasteiger partial charge in [-0.3, -0.25) is 0 Å². The maximum absolute atomic E-state index is 6.40. The van der Waals surface area contributed by atoms with Gasteiger partial charge in [-0.1, -0.05) is 32.6 Å². The van der Waals surface area contributed by atoms with Crippen molar-refractivity contribution < 1.29 is 26.9 Å². The summed E-state index contributed by atoms with van der Waals surface area (Å²) in [6.45, 7) is 18.8. The monoisotopic (exact) mass is 620 g/mol. The van der Waals surface area contributed by atoms with E-state index in [2.05, 4.69) is 62.7 Å². The molecule has 1 aliphatic heterocycles. The van der Waals surface area contributed by atoms with Crippen LogP contribution in [0.4, 0.5) is 0 Å². The van der Waals surface area contributed by atoms with Crippen LogP contribution >= 0.6 is 0 Å². The van der Waals surface area contributed by atoms with Crippen molar-refractivity contribution in [2.24, 2.45) is 0 Å². The Labute approximate surface area is 251 Å². The summed E-state index contributed by atoms with van der Waals surface area (Å²) >= 11 is 0. The number of ether oxygens (including phenoxy) is 3. The van der Waals surface area contributed by atoms with Gasteiger partial charge in [-0.15, -0.1) is 0 Å². The van der Waals surface area contributed by atoms with Gasteiger partial charge in [-0.05, 0) is 95.8 Å². The molecule has 8 nitrogen and oxygen atoms in total. The topological polar surface area (TPSA) is 84.5 Å². The van der Waals surface area contributed by atoms with Gasteiger partial charge in [0, 0.05) is 12.2 Å². The molecule has 3 rings (SSSR count). The summed E-state index contributed by atoms with van der Waals surface area (Å²) in [6.07, 6.45) is 12.4. The molecule has 1 aromatic carbocycles. The summed E-state index contributed by atoms with van der Waals surface area (Å²) in [6, 6.07) is 7.92. The fraction of sp³-hybridized carbons (Fsp3) is 0.667. The molecule has 11 heteroatoms. The number of hydrogen-bond donors (Lipinski definition) is 0. The SMILES string of the molecule is CCCCC[C@H]1O[C@@H]1Oc1cnc(-c2ccc(OCCCCCCO[Si](C)(C)O[Si](C)(C)O[Si](C)(C)C)cc2)nc1. The highest BCUT2D eigenvalue weighted by Gasteiger charge is 2.41. The highest BCUT2D eigenvalue weighted by Crippen LogP contribution is 2.30. The first-order chi connectivity index (χ1) is 19.4. The van der Waals surface area contributed by atoms with Crippen LogP contribution in [-0.2, 0) is 17.4 Å². The van der Waals surface area contributed by atoms with Crippen molar-refractivity contribution in [3.05, 3.63) is 36.7 Å². The fourth-order valence-corrected chi connectivity index (χ4v) is 16.9. The first-order valence-corrected chi connectivity index (χ1v) is 24.3. The largest absolute Gasteiger partial charge is 0.494 e. The Morgan fingerprint density at radius 1 is 0.732 bits per heavy atom. The van der Waals surface area contributed by atoms with Gasteiger partial charge in [0.05, 0.1) is 19.0 Å². The summed E-state index contributed by atoms with van der Waals surface area (Å²) in [4.78, 5) is 8.93. The molecular weight excluding hydrogens is 569 g/mol. The fourth-order valence-electron chi connectivity index (χ4n) is 4.84. The molecule has 1 fully saturated rings. The molecule has 230 valence electrons. The van der Waals surface area contributed by atoms with E-state index in [1.807, 2.05) is 24.3 Å². The quantitative estimate of drug-likeness (QED) is 0.0835. The third-order valence-corrected chi connectivity index (χ3v) is 15.7. The molecule has 2 aromatic rings. The Bertz CT molecular complexity index is 1030. The van der Waals surface area contributed by atoms with Crippen LogP contribution < -0.4 is 9.47 Å². The molecule has 0 aliphatic carbocycles. The molecule has 0 spiro atoms. The highest BCUT2D eigenvalue weighted by atomic mass is 28.5. The molecule has 2 heterocycles. The van der Waals surface area contributed by atoms with Crippen molar-refractivity contribution in [2.75, 3.05) is 13.2 Å². The average molecular weight is 621 g/mol. The zero-order chi connectivity index (χ0) is 29.9. The van der Waals surface area contributed by atoms with Gasteiger partial charge in [0.2, 0.25) is 6.29 Å². The van der Waals surface area contributed by atoms with Gasteiger partial charge in [0.25, 0.3) is 0 Å². The number of unbranched alkanes of at least 4 members (excludes halogenated alkanes) is 5. The van der Waals surface area contributed by atoms with E-state index in [1.54, 1.807) is 12.4 Å². The van der Waals surface area contributed by atoms with Gasteiger partial charge in [0.1, 0.15) is 11.9 Å². The van der Waals surface area contributed by atoms with Gasteiger partial charge >= 0.3 is 17.1 Å². The van der Waals surface area contributed by atoms with Crippen molar-refractivity contribution in [3.63, 3.8) is 0 Å². The Morgan fingerprint density at radius 2 is 1.39 bits per heavy atom. The van der Waals surface area contributed by atoms with E-state index in [4.69, 9.17) is 26.9 Å². The third kappa shape index (κ3) is 13.5. The minimum absolute atomic E-state index is 0.159. The summed E-state index contributed by atoms with van der Waals surface area (Å²) < 4.78 is 36.3. The molecule has 1 aliphatic rings. The third-order valence-electron chi connectivity index (χ3n) is 6.42. The molecule has 1 saturated heterocycles. The van der Waals surface area contributed by atoms with Crippen molar-refractivity contribution >= 4 is 25.4 Å². The minimum atomic E-state index is -2.19. The number of hydrogen-bond acceptors (Lipinski definition) is 8. The molecule has 0 radical (unpaired) electrons. The number of aromatic nitrogens is 2. The van der Waals surface area contributed by atoms with E-state index >= 15 is 0 Å². The standard InChI is InChI=1S/C30H52N2O6Si3/c1-9-10-13-16-28-30(36-28)35-27-23-31-29(32-24-27)25-17-19-26(20-18-25)33-21-14-11-12-15-22-34-40(5,6)38-41(7,8)37-39(2,3)4/h17-20,23-24,28,30H,9-16,21-22H2,1-8H3/t28-,30+/m1/s1. The van der Waals surface area contributed by atoms with Crippen molar-refractivity contribution in [1.29, 1.82) is 0 Å². The molecule has 1 aromatic heterocycles. The smallest absolute Gasteiger partial charge is 0.322 e. The van der Waals surface area contributed by atoms with Crippen LogP contribution in [0.1, 0.15) is 58.3 Å². The number of rotatable bonds is 20. The zero-order valence-corrected chi connectivity index (χ0v) is 29.5. The van der Waals surface area contributed by atoms with E-state index in [0.717, 1.165) is 50.0 Å². The van der Waals surface area contributed by atoms with Crippen molar-refractivity contribution in [1.82, 2.24) is 9.97 Å². The first-order valence-electron chi connectivity index (χ1n) is 15.3. The Morgan fingerprint density at radius 3 is 2.02 bits per heavy atom. The molecule has 0 saturated carbocycles. The van der Waals surface area contributed by atoms with Crippen LogP contribution in [0.5, 0.6) is 11.5 Å². The van der Waals surface area contributed by atoms with E-state index < -0.39 is 25.4 Å². The second kappa shape index (κ2) is 15.7.